The standard InChI is InChI=1S/C20H23N3O2/c1-13-10-11-16(14(2)12-13)23-20(25)18-9-5-8-17(22-18)19(24)21-15-6-3-4-7-15/h5,8-12,15H,3-4,6-7H2,1-2H3,(H,21,24)(H,23,25). The van der Waals surface area contributed by atoms with Crippen LogP contribution in [0.5, 0.6) is 0 Å². The number of aryl methyl sites for hydroxylation is 2. The summed E-state index contributed by atoms with van der Waals surface area (Å²) in [6.45, 7) is 3.95. The maximum atomic E-state index is 12.5. The van der Waals surface area contributed by atoms with Gasteiger partial charge in [0, 0.05) is 11.7 Å². The molecule has 0 radical (unpaired) electrons. The fraction of sp³-hybridized carbons (Fsp3) is 0.350. The third kappa shape index (κ3) is 4.24. The Kier molecular flexibility index (Phi) is 5.12. The molecule has 1 heterocycles. The second-order valence-electron chi connectivity index (χ2n) is 6.64. The van der Waals surface area contributed by atoms with Gasteiger partial charge in [0.25, 0.3) is 11.8 Å². The van der Waals surface area contributed by atoms with Crippen molar-refractivity contribution in [1.82, 2.24) is 10.3 Å². The summed E-state index contributed by atoms with van der Waals surface area (Å²) >= 11 is 0. The molecule has 0 unspecified atom stereocenters. The summed E-state index contributed by atoms with van der Waals surface area (Å²) in [6.07, 6.45) is 4.32. The van der Waals surface area contributed by atoms with E-state index in [9.17, 15) is 9.59 Å². The van der Waals surface area contributed by atoms with E-state index in [1.807, 2.05) is 32.0 Å². The van der Waals surface area contributed by atoms with E-state index < -0.39 is 0 Å². The van der Waals surface area contributed by atoms with Gasteiger partial charge in [-0.2, -0.15) is 0 Å². The van der Waals surface area contributed by atoms with Crippen LogP contribution in [0, 0.1) is 13.8 Å². The zero-order chi connectivity index (χ0) is 17.8. The van der Waals surface area contributed by atoms with Crippen molar-refractivity contribution >= 4 is 17.5 Å². The number of carbonyl (C=O) groups is 2. The maximum absolute atomic E-state index is 12.5. The Morgan fingerprint density at radius 3 is 2.36 bits per heavy atom. The molecule has 1 aliphatic carbocycles. The summed E-state index contributed by atoms with van der Waals surface area (Å²) in [4.78, 5) is 29.0. The molecular formula is C20H23N3O2. The van der Waals surface area contributed by atoms with Gasteiger partial charge < -0.3 is 10.6 Å². The van der Waals surface area contributed by atoms with E-state index in [0.717, 1.165) is 42.5 Å². The van der Waals surface area contributed by atoms with Crippen molar-refractivity contribution in [1.29, 1.82) is 0 Å². The van der Waals surface area contributed by atoms with Gasteiger partial charge in [-0.05, 0) is 50.5 Å². The van der Waals surface area contributed by atoms with Crippen LogP contribution in [0.3, 0.4) is 0 Å². The fourth-order valence-electron chi connectivity index (χ4n) is 3.16. The van der Waals surface area contributed by atoms with Gasteiger partial charge in [0.2, 0.25) is 0 Å². The highest BCUT2D eigenvalue weighted by atomic mass is 16.2. The Hall–Kier alpha value is -2.69. The summed E-state index contributed by atoms with van der Waals surface area (Å²) in [5.41, 5.74) is 3.39. The Balaban J connectivity index is 1.71. The van der Waals surface area contributed by atoms with Crippen LogP contribution in [-0.2, 0) is 0 Å². The number of anilines is 1. The lowest BCUT2D eigenvalue weighted by Crippen LogP contribution is -2.33. The molecule has 5 heteroatoms. The van der Waals surface area contributed by atoms with Crippen molar-refractivity contribution < 1.29 is 9.59 Å². The summed E-state index contributed by atoms with van der Waals surface area (Å²) < 4.78 is 0. The number of amides is 2. The maximum Gasteiger partial charge on any atom is 0.274 e. The molecule has 2 aromatic rings. The molecule has 1 aromatic carbocycles. The Labute approximate surface area is 147 Å². The van der Waals surface area contributed by atoms with Gasteiger partial charge in [-0.15, -0.1) is 0 Å². The number of nitrogens with one attached hydrogen (secondary N) is 2. The molecule has 1 saturated carbocycles. The minimum Gasteiger partial charge on any atom is -0.348 e. The Morgan fingerprint density at radius 1 is 1.00 bits per heavy atom. The number of hydrogen-bond donors (Lipinski definition) is 2. The van der Waals surface area contributed by atoms with Gasteiger partial charge >= 0.3 is 0 Å². The summed E-state index contributed by atoms with van der Waals surface area (Å²) in [5, 5.41) is 5.85. The first kappa shape index (κ1) is 17.1. The van der Waals surface area contributed by atoms with Gasteiger partial charge in [-0.25, -0.2) is 4.98 Å². The van der Waals surface area contributed by atoms with Crippen LogP contribution in [0.1, 0.15) is 57.8 Å². The first-order valence-corrected chi connectivity index (χ1v) is 8.69. The summed E-state index contributed by atoms with van der Waals surface area (Å²) in [7, 11) is 0. The van der Waals surface area contributed by atoms with Crippen LogP contribution in [0.25, 0.3) is 0 Å². The number of carbonyl (C=O) groups excluding carboxylic acids is 2. The predicted octanol–water partition coefficient (Wildman–Crippen LogP) is 3.62. The lowest BCUT2D eigenvalue weighted by atomic mass is 10.1. The molecule has 0 atom stereocenters. The van der Waals surface area contributed by atoms with Gasteiger partial charge in [0.15, 0.2) is 0 Å². The SMILES string of the molecule is Cc1ccc(NC(=O)c2cccc(C(=O)NC3CCCC3)n2)c(C)c1. The molecule has 2 N–H and O–H groups in total. The number of hydrogen-bond acceptors (Lipinski definition) is 3. The summed E-state index contributed by atoms with van der Waals surface area (Å²) in [6, 6.07) is 11.0. The van der Waals surface area contributed by atoms with Gasteiger partial charge in [-0.3, -0.25) is 9.59 Å². The van der Waals surface area contributed by atoms with Crippen LogP contribution in [0.4, 0.5) is 5.69 Å². The Bertz CT molecular complexity index is 795. The van der Waals surface area contributed by atoms with Crippen molar-refractivity contribution in [3.63, 3.8) is 0 Å². The highest BCUT2D eigenvalue weighted by Gasteiger charge is 2.19. The van der Waals surface area contributed by atoms with E-state index in [2.05, 4.69) is 15.6 Å². The number of nitrogens with zero attached hydrogens (tertiary/aromatic N) is 1. The van der Waals surface area contributed by atoms with Crippen molar-refractivity contribution in [2.75, 3.05) is 5.32 Å². The molecule has 2 amide bonds. The molecule has 130 valence electrons. The highest BCUT2D eigenvalue weighted by molar-refractivity contribution is 6.04. The van der Waals surface area contributed by atoms with E-state index >= 15 is 0 Å². The highest BCUT2D eigenvalue weighted by Crippen LogP contribution is 2.19. The smallest absolute Gasteiger partial charge is 0.274 e. The summed E-state index contributed by atoms with van der Waals surface area (Å²) in [5.74, 6) is -0.532. The molecule has 3 rings (SSSR count). The van der Waals surface area contributed by atoms with Crippen molar-refractivity contribution in [2.45, 2.75) is 45.6 Å². The first-order valence-electron chi connectivity index (χ1n) is 8.69. The lowest BCUT2D eigenvalue weighted by molar-refractivity contribution is 0.0932. The zero-order valence-corrected chi connectivity index (χ0v) is 14.6. The van der Waals surface area contributed by atoms with Gasteiger partial charge in [0.05, 0.1) is 0 Å². The topological polar surface area (TPSA) is 71.1 Å². The van der Waals surface area contributed by atoms with Crippen LogP contribution in [-0.4, -0.2) is 22.8 Å². The molecule has 0 aliphatic heterocycles. The number of pyridine rings is 1. The van der Waals surface area contributed by atoms with E-state index in [1.54, 1.807) is 18.2 Å². The molecule has 1 fully saturated rings. The molecule has 0 bridgehead atoms. The van der Waals surface area contributed by atoms with Crippen LogP contribution < -0.4 is 10.6 Å². The lowest BCUT2D eigenvalue weighted by Gasteiger charge is -2.12. The van der Waals surface area contributed by atoms with Gasteiger partial charge in [0.1, 0.15) is 11.4 Å². The second-order valence-corrected chi connectivity index (χ2v) is 6.64. The molecular weight excluding hydrogens is 314 g/mol. The van der Waals surface area contributed by atoms with Crippen molar-refractivity contribution in [2.24, 2.45) is 0 Å². The fourth-order valence-corrected chi connectivity index (χ4v) is 3.16. The minimum atomic E-state index is -0.317. The molecule has 25 heavy (non-hydrogen) atoms. The number of aromatic nitrogens is 1. The first-order chi connectivity index (χ1) is 12.0. The molecule has 1 aromatic heterocycles. The van der Waals surface area contributed by atoms with Crippen LogP contribution in [0.2, 0.25) is 0 Å². The molecule has 1 aliphatic rings. The third-order valence-electron chi connectivity index (χ3n) is 4.53. The normalized spacial score (nSPS) is 14.3. The average Bonchev–Trinajstić information content (AvgIpc) is 3.10. The van der Waals surface area contributed by atoms with E-state index in [0.29, 0.717) is 0 Å². The number of benzene rings is 1. The van der Waals surface area contributed by atoms with E-state index in [1.165, 1.54) is 0 Å². The monoisotopic (exact) mass is 337 g/mol. The predicted molar refractivity (Wildman–Crippen MR) is 97.8 cm³/mol. The third-order valence-corrected chi connectivity index (χ3v) is 4.53. The van der Waals surface area contributed by atoms with E-state index in [4.69, 9.17) is 0 Å². The quantitative estimate of drug-likeness (QED) is 0.895. The van der Waals surface area contributed by atoms with Gasteiger partial charge in [-0.1, -0.05) is 36.6 Å². The molecule has 0 saturated heterocycles. The Morgan fingerprint density at radius 2 is 1.68 bits per heavy atom. The van der Waals surface area contributed by atoms with Crippen LogP contribution >= 0.6 is 0 Å². The zero-order valence-electron chi connectivity index (χ0n) is 14.6. The van der Waals surface area contributed by atoms with Crippen molar-refractivity contribution in [3.8, 4) is 0 Å². The van der Waals surface area contributed by atoms with E-state index in [-0.39, 0.29) is 29.2 Å². The molecule has 5 nitrogen and oxygen atoms in total. The van der Waals surface area contributed by atoms with Crippen LogP contribution in [0.15, 0.2) is 36.4 Å². The second kappa shape index (κ2) is 7.47. The molecule has 0 spiro atoms. The minimum absolute atomic E-state index is 0.215. The number of rotatable bonds is 4. The van der Waals surface area contributed by atoms with Crippen molar-refractivity contribution in [3.05, 3.63) is 58.9 Å². The largest absolute Gasteiger partial charge is 0.348 e. The average molecular weight is 337 g/mol.